The second-order valence-electron chi connectivity index (χ2n) is 9.99. The van der Waals surface area contributed by atoms with Crippen molar-refractivity contribution in [1.29, 1.82) is 5.26 Å². The first kappa shape index (κ1) is 26.4. The highest BCUT2D eigenvalue weighted by Crippen LogP contribution is 2.35. The van der Waals surface area contributed by atoms with Crippen molar-refractivity contribution in [2.24, 2.45) is 0 Å². The van der Waals surface area contributed by atoms with E-state index in [9.17, 15) is 18.4 Å². The molecular formula is C29H28F2N4O4. The van der Waals surface area contributed by atoms with Gasteiger partial charge in [-0.2, -0.15) is 5.26 Å². The molecule has 10 heteroatoms. The Morgan fingerprint density at radius 3 is 2.33 bits per heavy atom. The molecule has 2 aliphatic rings. The molecule has 0 bridgehead atoms. The quantitative estimate of drug-likeness (QED) is 0.470. The molecule has 0 unspecified atom stereocenters. The van der Waals surface area contributed by atoms with Crippen LogP contribution in [0, 0.1) is 23.0 Å². The molecule has 8 nitrogen and oxygen atoms in total. The fraction of sp³-hybridized carbons (Fsp3) is 0.345. The average molecular weight is 535 g/mol. The molecule has 5 rings (SSSR count). The number of carbonyl (C=O) groups is 2. The van der Waals surface area contributed by atoms with Crippen LogP contribution in [0.3, 0.4) is 0 Å². The molecule has 0 saturated carbocycles. The molecule has 2 amide bonds. The number of halogens is 2. The number of benzene rings is 2. The largest absolute Gasteiger partial charge is 0.467 e. The molecule has 2 saturated heterocycles. The summed E-state index contributed by atoms with van der Waals surface area (Å²) in [5, 5.41) is 11.7. The molecule has 2 aliphatic heterocycles. The van der Waals surface area contributed by atoms with E-state index in [-0.39, 0.29) is 29.7 Å². The highest BCUT2D eigenvalue weighted by atomic mass is 19.1. The van der Waals surface area contributed by atoms with Crippen molar-refractivity contribution in [2.75, 3.05) is 19.6 Å². The van der Waals surface area contributed by atoms with E-state index in [4.69, 9.17) is 14.4 Å². The van der Waals surface area contributed by atoms with Crippen molar-refractivity contribution in [2.45, 2.75) is 44.5 Å². The van der Waals surface area contributed by atoms with E-state index in [0.717, 1.165) is 17.7 Å². The Bertz CT molecular complexity index is 1350. The lowest BCUT2D eigenvalue weighted by atomic mass is 9.86. The van der Waals surface area contributed by atoms with Crippen molar-refractivity contribution < 1.29 is 27.5 Å². The van der Waals surface area contributed by atoms with Gasteiger partial charge in [0.15, 0.2) is 0 Å². The van der Waals surface area contributed by atoms with Crippen molar-refractivity contribution in [3.8, 4) is 6.07 Å². The summed E-state index contributed by atoms with van der Waals surface area (Å²) in [6.07, 6.45) is 2.98. The van der Waals surface area contributed by atoms with Gasteiger partial charge < -0.3 is 19.4 Å². The van der Waals surface area contributed by atoms with E-state index < -0.39 is 17.2 Å². The zero-order valence-corrected chi connectivity index (χ0v) is 21.3. The van der Waals surface area contributed by atoms with Crippen LogP contribution in [0.25, 0.3) is 0 Å². The number of likely N-dealkylation sites (tertiary alicyclic amines) is 1. The molecule has 202 valence electrons. The summed E-state index contributed by atoms with van der Waals surface area (Å²) in [7, 11) is 0. The van der Waals surface area contributed by atoms with Gasteiger partial charge in [-0.3, -0.25) is 9.69 Å². The van der Waals surface area contributed by atoms with Crippen LogP contribution in [-0.4, -0.2) is 47.0 Å². The standard InChI is InChI=1S/C29H28F2N4O4/c30-25-14-21(16-32)15-26(31)24(25)19-34-10-7-29(8-11-34)9-12-35(28(37)39-29)18-20-3-5-22(6-4-20)27(36)33-17-23-2-1-13-38-23/h1-6,13-15H,7-12,17-19H2,(H,33,36). The summed E-state index contributed by atoms with van der Waals surface area (Å²) in [6, 6.07) is 14.5. The van der Waals surface area contributed by atoms with E-state index >= 15 is 0 Å². The van der Waals surface area contributed by atoms with Crippen LogP contribution < -0.4 is 5.32 Å². The number of hydrogen-bond acceptors (Lipinski definition) is 6. The topological polar surface area (TPSA) is 98.8 Å². The first-order chi connectivity index (χ1) is 18.8. The number of hydrogen-bond donors (Lipinski definition) is 1. The SMILES string of the molecule is N#Cc1cc(F)c(CN2CCC3(CC2)CCN(Cc2ccc(C(=O)NCc4ccco4)cc2)C(=O)O3)c(F)c1. The van der Waals surface area contributed by atoms with Crippen molar-refractivity contribution >= 4 is 12.0 Å². The van der Waals surface area contributed by atoms with E-state index in [1.54, 1.807) is 41.5 Å². The highest BCUT2D eigenvalue weighted by molar-refractivity contribution is 5.94. The van der Waals surface area contributed by atoms with Gasteiger partial charge in [0, 0.05) is 63.1 Å². The molecule has 0 radical (unpaired) electrons. The highest BCUT2D eigenvalue weighted by Gasteiger charge is 2.43. The number of furan rings is 1. The molecule has 2 fully saturated rings. The molecule has 1 N–H and O–H groups in total. The van der Waals surface area contributed by atoms with Crippen LogP contribution in [0.4, 0.5) is 13.6 Å². The van der Waals surface area contributed by atoms with Crippen LogP contribution in [0.2, 0.25) is 0 Å². The van der Waals surface area contributed by atoms with Crippen LogP contribution in [0.1, 0.15) is 52.1 Å². The Labute approximate surface area is 224 Å². The van der Waals surface area contributed by atoms with Gasteiger partial charge in [-0.15, -0.1) is 0 Å². The molecule has 0 aliphatic carbocycles. The molecular weight excluding hydrogens is 506 g/mol. The number of nitriles is 1. The zero-order valence-electron chi connectivity index (χ0n) is 21.3. The van der Waals surface area contributed by atoms with Crippen LogP contribution in [0.15, 0.2) is 59.2 Å². The number of ether oxygens (including phenoxy) is 1. The van der Waals surface area contributed by atoms with Crippen LogP contribution >= 0.6 is 0 Å². The van der Waals surface area contributed by atoms with Gasteiger partial charge in [-0.05, 0) is 42.0 Å². The van der Waals surface area contributed by atoms with E-state index in [1.807, 2.05) is 17.0 Å². The minimum atomic E-state index is -0.728. The second-order valence-corrected chi connectivity index (χ2v) is 9.99. The van der Waals surface area contributed by atoms with Crippen LogP contribution in [0.5, 0.6) is 0 Å². The second kappa shape index (κ2) is 11.3. The third kappa shape index (κ3) is 6.10. The molecule has 2 aromatic carbocycles. The Morgan fingerprint density at radius 1 is 1.03 bits per heavy atom. The lowest BCUT2D eigenvalue weighted by Crippen LogP contribution is -2.54. The van der Waals surface area contributed by atoms with Gasteiger partial charge >= 0.3 is 6.09 Å². The summed E-state index contributed by atoms with van der Waals surface area (Å²) < 4.78 is 39.7. The lowest BCUT2D eigenvalue weighted by Gasteiger charge is -2.46. The Hall–Kier alpha value is -4.23. The van der Waals surface area contributed by atoms with Gasteiger partial charge in [0.2, 0.25) is 0 Å². The van der Waals surface area contributed by atoms with Gasteiger partial charge in [-0.1, -0.05) is 12.1 Å². The molecule has 1 spiro atoms. The normalized spacial score (nSPS) is 17.1. The van der Waals surface area contributed by atoms with E-state index in [0.29, 0.717) is 63.3 Å². The van der Waals surface area contributed by atoms with Gasteiger partial charge in [0.25, 0.3) is 5.91 Å². The summed E-state index contributed by atoms with van der Waals surface area (Å²) in [6.45, 7) is 2.37. The predicted molar refractivity (Wildman–Crippen MR) is 136 cm³/mol. The molecule has 1 aromatic heterocycles. The number of carbonyl (C=O) groups excluding carboxylic acids is 2. The van der Waals surface area contributed by atoms with E-state index in [1.165, 1.54) is 0 Å². The molecule has 3 aromatic rings. The summed E-state index contributed by atoms with van der Waals surface area (Å²) in [5.74, 6) is -1.00. The summed E-state index contributed by atoms with van der Waals surface area (Å²) in [5.41, 5.74) is 0.706. The third-order valence-electron chi connectivity index (χ3n) is 7.41. The smallest absolute Gasteiger partial charge is 0.410 e. The number of amides is 2. The first-order valence-corrected chi connectivity index (χ1v) is 12.8. The zero-order chi connectivity index (χ0) is 27.4. The Morgan fingerprint density at radius 2 is 1.72 bits per heavy atom. The fourth-order valence-electron chi connectivity index (χ4n) is 5.05. The summed E-state index contributed by atoms with van der Waals surface area (Å²) >= 11 is 0. The number of piperidine rings is 1. The maximum atomic E-state index is 14.3. The van der Waals surface area contributed by atoms with Crippen molar-refractivity contribution in [3.05, 3.63) is 94.4 Å². The number of nitrogens with zero attached hydrogens (tertiary/aromatic N) is 3. The van der Waals surface area contributed by atoms with Crippen molar-refractivity contribution in [1.82, 2.24) is 15.1 Å². The minimum absolute atomic E-state index is 0.0485. The Balaban J connectivity index is 1.11. The Kier molecular flexibility index (Phi) is 7.61. The van der Waals surface area contributed by atoms with Crippen molar-refractivity contribution in [3.63, 3.8) is 0 Å². The average Bonchev–Trinajstić information content (AvgIpc) is 3.46. The maximum Gasteiger partial charge on any atom is 0.410 e. The van der Waals surface area contributed by atoms with Gasteiger partial charge in [0.05, 0.1) is 24.4 Å². The minimum Gasteiger partial charge on any atom is -0.467 e. The number of rotatable bonds is 7. The van der Waals surface area contributed by atoms with Gasteiger partial charge in [-0.25, -0.2) is 13.6 Å². The molecule has 39 heavy (non-hydrogen) atoms. The first-order valence-electron chi connectivity index (χ1n) is 12.8. The maximum absolute atomic E-state index is 14.3. The molecule has 0 atom stereocenters. The molecule has 3 heterocycles. The van der Waals surface area contributed by atoms with E-state index in [2.05, 4.69) is 5.32 Å². The lowest BCUT2D eigenvalue weighted by molar-refractivity contribution is -0.0833. The van der Waals surface area contributed by atoms with Crippen LogP contribution in [-0.2, 0) is 24.4 Å². The fourth-order valence-corrected chi connectivity index (χ4v) is 5.05. The van der Waals surface area contributed by atoms with Gasteiger partial charge in [0.1, 0.15) is 23.0 Å². The summed E-state index contributed by atoms with van der Waals surface area (Å²) in [4.78, 5) is 28.8. The third-order valence-corrected chi connectivity index (χ3v) is 7.41. The number of nitrogens with one attached hydrogen (secondary N) is 1. The monoisotopic (exact) mass is 534 g/mol. The predicted octanol–water partition coefficient (Wildman–Crippen LogP) is 4.74.